The number of aliphatic hydroxyl groups is 2. The van der Waals surface area contributed by atoms with E-state index in [0.717, 1.165) is 6.42 Å². The third kappa shape index (κ3) is 2.10. The van der Waals surface area contributed by atoms with Crippen LogP contribution in [-0.2, 0) is 4.74 Å². The largest absolute Gasteiger partial charge is 0.396 e. The summed E-state index contributed by atoms with van der Waals surface area (Å²) in [5, 5.41) is 19.2. The molecule has 0 radical (unpaired) electrons. The van der Waals surface area contributed by atoms with E-state index >= 15 is 0 Å². The zero-order valence-corrected chi connectivity index (χ0v) is 9.53. The first-order valence-electron chi connectivity index (χ1n) is 5.35. The van der Waals surface area contributed by atoms with Crippen molar-refractivity contribution < 1.29 is 14.9 Å². The molecule has 0 aromatic heterocycles. The van der Waals surface area contributed by atoms with Gasteiger partial charge in [-0.15, -0.1) is 0 Å². The Morgan fingerprint density at radius 3 is 2.50 bits per heavy atom. The van der Waals surface area contributed by atoms with Crippen molar-refractivity contribution in [2.45, 2.75) is 52.4 Å². The number of rotatable bonds is 2. The molecule has 1 aliphatic rings. The van der Waals surface area contributed by atoms with Gasteiger partial charge in [-0.05, 0) is 19.3 Å². The molecule has 1 heterocycles. The summed E-state index contributed by atoms with van der Waals surface area (Å²) < 4.78 is 5.70. The normalized spacial score (nSPS) is 44.4. The Balaban J connectivity index is 2.76. The van der Waals surface area contributed by atoms with Crippen LogP contribution in [0.5, 0.6) is 0 Å². The first-order valence-corrected chi connectivity index (χ1v) is 5.35. The summed E-state index contributed by atoms with van der Waals surface area (Å²) >= 11 is 0. The monoisotopic (exact) mass is 202 g/mol. The fourth-order valence-electron chi connectivity index (χ4n) is 2.10. The molecule has 0 saturated carbocycles. The Morgan fingerprint density at radius 1 is 1.50 bits per heavy atom. The predicted molar refractivity (Wildman–Crippen MR) is 55.0 cm³/mol. The van der Waals surface area contributed by atoms with E-state index in [2.05, 4.69) is 13.8 Å². The Hall–Kier alpha value is -0.120. The molecule has 1 fully saturated rings. The molecule has 0 aromatic rings. The highest BCUT2D eigenvalue weighted by molar-refractivity contribution is 4.93. The van der Waals surface area contributed by atoms with Crippen molar-refractivity contribution in [1.29, 1.82) is 0 Å². The Bertz CT molecular complexity index is 193. The van der Waals surface area contributed by atoms with E-state index in [4.69, 9.17) is 4.74 Å². The molecule has 0 aromatic carbocycles. The van der Waals surface area contributed by atoms with Gasteiger partial charge in [0, 0.05) is 5.41 Å². The Kier molecular flexibility index (Phi) is 3.56. The highest BCUT2D eigenvalue weighted by Gasteiger charge is 2.44. The van der Waals surface area contributed by atoms with Gasteiger partial charge in [0.25, 0.3) is 0 Å². The van der Waals surface area contributed by atoms with Crippen LogP contribution in [0.2, 0.25) is 0 Å². The molecule has 1 rings (SSSR count). The number of aliphatic hydroxyl groups excluding tert-OH is 2. The second-order valence-electron chi connectivity index (χ2n) is 5.08. The van der Waals surface area contributed by atoms with Gasteiger partial charge in [-0.2, -0.15) is 0 Å². The molecule has 0 aliphatic carbocycles. The van der Waals surface area contributed by atoms with Crippen LogP contribution in [-0.4, -0.2) is 35.1 Å². The average molecular weight is 202 g/mol. The van der Waals surface area contributed by atoms with Crippen molar-refractivity contribution >= 4 is 0 Å². The highest BCUT2D eigenvalue weighted by Crippen LogP contribution is 2.38. The minimum absolute atomic E-state index is 0.0189. The van der Waals surface area contributed by atoms with Gasteiger partial charge in [-0.3, -0.25) is 0 Å². The molecule has 1 saturated heterocycles. The van der Waals surface area contributed by atoms with E-state index in [1.165, 1.54) is 0 Å². The maximum Gasteiger partial charge on any atom is 0.0875 e. The highest BCUT2D eigenvalue weighted by atomic mass is 16.5. The van der Waals surface area contributed by atoms with Gasteiger partial charge in [-0.1, -0.05) is 20.8 Å². The molecule has 0 spiro atoms. The van der Waals surface area contributed by atoms with Gasteiger partial charge in [0.2, 0.25) is 0 Å². The quantitative estimate of drug-likeness (QED) is 0.707. The minimum Gasteiger partial charge on any atom is -0.396 e. The molecular formula is C11H22O3. The van der Waals surface area contributed by atoms with Crippen molar-refractivity contribution in [3.8, 4) is 0 Å². The Morgan fingerprint density at radius 2 is 2.07 bits per heavy atom. The van der Waals surface area contributed by atoms with Gasteiger partial charge in [0.15, 0.2) is 0 Å². The summed E-state index contributed by atoms with van der Waals surface area (Å²) in [4.78, 5) is 0. The van der Waals surface area contributed by atoms with Crippen molar-refractivity contribution in [2.75, 3.05) is 6.61 Å². The van der Waals surface area contributed by atoms with Crippen molar-refractivity contribution in [3.05, 3.63) is 0 Å². The maximum absolute atomic E-state index is 9.91. The molecular weight excluding hydrogens is 180 g/mol. The lowest BCUT2D eigenvalue weighted by atomic mass is 9.74. The molecule has 3 nitrogen and oxygen atoms in total. The molecule has 84 valence electrons. The molecule has 2 N–H and O–H groups in total. The van der Waals surface area contributed by atoms with Crippen LogP contribution in [0.15, 0.2) is 0 Å². The summed E-state index contributed by atoms with van der Waals surface area (Å²) in [7, 11) is 0. The summed E-state index contributed by atoms with van der Waals surface area (Å²) in [6.45, 7) is 8.02. The molecule has 3 heteroatoms. The van der Waals surface area contributed by atoms with Crippen molar-refractivity contribution in [1.82, 2.24) is 0 Å². The average Bonchev–Trinajstić information content (AvgIpc) is 2.13. The first-order chi connectivity index (χ1) is 6.40. The summed E-state index contributed by atoms with van der Waals surface area (Å²) in [5.74, 6) is 0.427. The lowest BCUT2D eigenvalue weighted by Gasteiger charge is -2.45. The SMILES string of the molecule is CC(C)C1CC(C)(CO)C(O)C(C)O1. The third-order valence-electron chi connectivity index (χ3n) is 3.32. The zero-order valence-electron chi connectivity index (χ0n) is 9.53. The van der Waals surface area contributed by atoms with Crippen LogP contribution in [0.3, 0.4) is 0 Å². The minimum atomic E-state index is -0.567. The molecule has 14 heavy (non-hydrogen) atoms. The summed E-state index contributed by atoms with van der Waals surface area (Å²) in [6, 6.07) is 0. The summed E-state index contributed by atoms with van der Waals surface area (Å²) in [6.07, 6.45) is 0.119. The van der Waals surface area contributed by atoms with Gasteiger partial charge < -0.3 is 14.9 Å². The molecule has 4 atom stereocenters. The van der Waals surface area contributed by atoms with Crippen LogP contribution in [0.1, 0.15) is 34.1 Å². The van der Waals surface area contributed by atoms with Crippen LogP contribution >= 0.6 is 0 Å². The van der Waals surface area contributed by atoms with Gasteiger partial charge >= 0.3 is 0 Å². The van der Waals surface area contributed by atoms with Crippen LogP contribution in [0.4, 0.5) is 0 Å². The van der Waals surface area contributed by atoms with E-state index in [9.17, 15) is 10.2 Å². The maximum atomic E-state index is 9.91. The van der Waals surface area contributed by atoms with E-state index in [1.54, 1.807) is 0 Å². The standard InChI is InChI=1S/C11H22O3/c1-7(2)9-5-11(4,6-12)10(13)8(3)14-9/h7-10,12-13H,5-6H2,1-4H3. The van der Waals surface area contributed by atoms with Gasteiger partial charge in [0.1, 0.15) is 0 Å². The zero-order chi connectivity index (χ0) is 10.9. The molecule has 0 amide bonds. The van der Waals surface area contributed by atoms with E-state index in [0.29, 0.717) is 5.92 Å². The van der Waals surface area contributed by atoms with E-state index < -0.39 is 11.5 Å². The van der Waals surface area contributed by atoms with Crippen LogP contribution < -0.4 is 0 Å². The summed E-state index contributed by atoms with van der Waals surface area (Å²) in [5.41, 5.74) is -0.410. The van der Waals surface area contributed by atoms with Gasteiger partial charge in [0.05, 0.1) is 24.9 Å². The van der Waals surface area contributed by atoms with Crippen molar-refractivity contribution in [2.24, 2.45) is 11.3 Å². The topological polar surface area (TPSA) is 49.7 Å². The second kappa shape index (κ2) is 4.17. The predicted octanol–water partition coefficient (Wildman–Crippen LogP) is 1.18. The number of hydrogen-bond acceptors (Lipinski definition) is 3. The van der Waals surface area contributed by atoms with Gasteiger partial charge in [-0.25, -0.2) is 0 Å². The lowest BCUT2D eigenvalue weighted by Crippen LogP contribution is -2.53. The second-order valence-corrected chi connectivity index (χ2v) is 5.08. The molecule has 0 bridgehead atoms. The first kappa shape index (κ1) is 12.0. The fraction of sp³-hybridized carbons (Fsp3) is 1.00. The van der Waals surface area contributed by atoms with Crippen molar-refractivity contribution in [3.63, 3.8) is 0 Å². The third-order valence-corrected chi connectivity index (χ3v) is 3.32. The van der Waals surface area contributed by atoms with E-state index in [-0.39, 0.29) is 18.8 Å². The van der Waals surface area contributed by atoms with E-state index in [1.807, 2.05) is 13.8 Å². The lowest BCUT2D eigenvalue weighted by molar-refractivity contribution is -0.191. The molecule has 4 unspecified atom stereocenters. The molecule has 1 aliphatic heterocycles. The Labute approximate surface area is 86.1 Å². The number of ether oxygens (including phenoxy) is 1. The van der Waals surface area contributed by atoms with Crippen LogP contribution in [0.25, 0.3) is 0 Å². The smallest absolute Gasteiger partial charge is 0.0875 e. The van der Waals surface area contributed by atoms with Crippen LogP contribution in [0, 0.1) is 11.3 Å². The number of hydrogen-bond donors (Lipinski definition) is 2. The fourth-order valence-corrected chi connectivity index (χ4v) is 2.10.